The standard InChI is InChI=1S/C23H15ClN6O/c1-2-17-20(14-7-9-16(24)10-8-14)22-27-26-21-19(30(22)28-17)11-12-29(23(21)31)18-6-4-3-5-15(18)13-25/h3-12H,2H2,1H3. The average Bonchev–Trinajstić information content (AvgIpc) is 3.19. The van der Waals surface area contributed by atoms with E-state index >= 15 is 0 Å². The van der Waals surface area contributed by atoms with Crippen molar-refractivity contribution in [2.45, 2.75) is 13.3 Å². The topological polar surface area (TPSA) is 88.9 Å². The van der Waals surface area contributed by atoms with Crippen LogP contribution >= 0.6 is 11.6 Å². The largest absolute Gasteiger partial charge is 0.285 e. The Morgan fingerprint density at radius 3 is 2.58 bits per heavy atom. The van der Waals surface area contributed by atoms with Gasteiger partial charge in [-0.25, -0.2) is 4.52 Å². The SMILES string of the molecule is CCc1nn2c(nnc3c(=O)n(-c4ccccc4C#N)ccc32)c1-c1ccc(Cl)cc1. The number of nitriles is 1. The van der Waals surface area contributed by atoms with Crippen LogP contribution in [0.5, 0.6) is 0 Å². The van der Waals surface area contributed by atoms with Crippen LogP contribution in [-0.4, -0.2) is 24.4 Å². The van der Waals surface area contributed by atoms with Gasteiger partial charge in [0.25, 0.3) is 5.56 Å². The zero-order chi connectivity index (χ0) is 21.5. The van der Waals surface area contributed by atoms with Gasteiger partial charge in [0.05, 0.1) is 22.5 Å². The molecule has 5 rings (SSSR count). The molecule has 0 amide bonds. The van der Waals surface area contributed by atoms with Gasteiger partial charge in [0.15, 0.2) is 11.2 Å². The summed E-state index contributed by atoms with van der Waals surface area (Å²) < 4.78 is 3.07. The Labute approximate surface area is 181 Å². The number of hydrogen-bond acceptors (Lipinski definition) is 5. The van der Waals surface area contributed by atoms with E-state index in [0.29, 0.717) is 33.9 Å². The van der Waals surface area contributed by atoms with Crippen LogP contribution in [-0.2, 0) is 6.42 Å². The lowest BCUT2D eigenvalue weighted by atomic mass is 10.0. The molecule has 8 heteroatoms. The molecule has 3 aromatic heterocycles. The monoisotopic (exact) mass is 426 g/mol. The van der Waals surface area contributed by atoms with Gasteiger partial charge >= 0.3 is 0 Å². The third-order valence-corrected chi connectivity index (χ3v) is 5.46. The predicted octanol–water partition coefficient (Wildman–Crippen LogP) is 4.18. The number of nitrogens with zero attached hydrogens (tertiary/aromatic N) is 6. The van der Waals surface area contributed by atoms with E-state index < -0.39 is 0 Å². The molecular weight excluding hydrogens is 412 g/mol. The van der Waals surface area contributed by atoms with Gasteiger partial charge < -0.3 is 0 Å². The Balaban J connectivity index is 1.79. The lowest BCUT2D eigenvalue weighted by molar-refractivity contribution is 0.886. The quantitative estimate of drug-likeness (QED) is 0.431. The smallest absolute Gasteiger partial charge is 0.281 e. The highest BCUT2D eigenvalue weighted by Crippen LogP contribution is 2.30. The average molecular weight is 427 g/mol. The summed E-state index contributed by atoms with van der Waals surface area (Å²) in [6, 6.07) is 18.3. The molecule has 0 aliphatic heterocycles. The van der Waals surface area contributed by atoms with Crippen molar-refractivity contribution in [3.8, 4) is 22.9 Å². The first-order chi connectivity index (χ1) is 15.1. The van der Waals surface area contributed by atoms with Crippen LogP contribution in [0.15, 0.2) is 65.6 Å². The Morgan fingerprint density at radius 2 is 1.84 bits per heavy atom. The van der Waals surface area contributed by atoms with Crippen molar-refractivity contribution in [2.24, 2.45) is 0 Å². The number of benzene rings is 2. The maximum atomic E-state index is 13.2. The van der Waals surface area contributed by atoms with E-state index in [4.69, 9.17) is 16.7 Å². The van der Waals surface area contributed by atoms with Crippen molar-refractivity contribution < 1.29 is 0 Å². The lowest BCUT2D eigenvalue weighted by Gasteiger charge is -2.08. The first kappa shape index (κ1) is 19.0. The molecule has 0 aliphatic rings. The molecule has 0 spiro atoms. The zero-order valence-electron chi connectivity index (χ0n) is 16.5. The third-order valence-electron chi connectivity index (χ3n) is 5.20. The molecule has 0 atom stereocenters. The molecule has 0 unspecified atom stereocenters. The lowest BCUT2D eigenvalue weighted by Crippen LogP contribution is -2.21. The number of fused-ring (bicyclic) bond motifs is 3. The molecule has 0 saturated carbocycles. The zero-order valence-corrected chi connectivity index (χ0v) is 17.2. The van der Waals surface area contributed by atoms with Crippen LogP contribution in [0.4, 0.5) is 0 Å². The fraction of sp³-hybridized carbons (Fsp3) is 0.0870. The van der Waals surface area contributed by atoms with Crippen LogP contribution < -0.4 is 5.56 Å². The minimum Gasteiger partial charge on any atom is -0.281 e. The predicted molar refractivity (Wildman–Crippen MR) is 118 cm³/mol. The molecule has 2 aromatic carbocycles. The second-order valence-corrected chi connectivity index (χ2v) is 7.41. The minimum absolute atomic E-state index is 0.176. The number of aryl methyl sites for hydroxylation is 1. The molecule has 0 N–H and O–H groups in total. The number of para-hydroxylation sites is 1. The first-order valence-corrected chi connectivity index (χ1v) is 10.0. The maximum Gasteiger partial charge on any atom is 0.285 e. The highest BCUT2D eigenvalue weighted by molar-refractivity contribution is 6.30. The molecule has 150 valence electrons. The summed E-state index contributed by atoms with van der Waals surface area (Å²) in [4.78, 5) is 13.2. The molecule has 0 saturated heterocycles. The second-order valence-electron chi connectivity index (χ2n) is 6.97. The molecule has 0 bridgehead atoms. The summed E-state index contributed by atoms with van der Waals surface area (Å²) in [6.07, 6.45) is 2.33. The summed E-state index contributed by atoms with van der Waals surface area (Å²) in [6.45, 7) is 2.02. The second kappa shape index (κ2) is 7.35. The van der Waals surface area contributed by atoms with E-state index in [-0.39, 0.29) is 11.1 Å². The fourth-order valence-electron chi connectivity index (χ4n) is 3.72. The summed E-state index contributed by atoms with van der Waals surface area (Å²) in [5, 5.41) is 23.4. The van der Waals surface area contributed by atoms with Crippen molar-refractivity contribution in [1.82, 2.24) is 24.4 Å². The van der Waals surface area contributed by atoms with Crippen LogP contribution in [0.1, 0.15) is 18.2 Å². The Kier molecular flexibility index (Phi) is 4.50. The molecule has 0 fully saturated rings. The Morgan fingerprint density at radius 1 is 1.06 bits per heavy atom. The van der Waals surface area contributed by atoms with Gasteiger partial charge in [-0.3, -0.25) is 9.36 Å². The van der Waals surface area contributed by atoms with Gasteiger partial charge in [-0.05, 0) is 42.3 Å². The Bertz CT molecular complexity index is 1560. The van der Waals surface area contributed by atoms with Gasteiger partial charge in [0.2, 0.25) is 0 Å². The Hall–Kier alpha value is -4.02. The molecule has 3 heterocycles. The fourth-order valence-corrected chi connectivity index (χ4v) is 3.84. The summed E-state index contributed by atoms with van der Waals surface area (Å²) in [5.74, 6) is 0. The molecular formula is C23H15ClN6O. The van der Waals surface area contributed by atoms with Crippen LogP contribution in [0, 0.1) is 11.3 Å². The third kappa shape index (κ3) is 2.97. The molecule has 0 radical (unpaired) electrons. The normalized spacial score (nSPS) is 11.1. The maximum absolute atomic E-state index is 13.2. The van der Waals surface area contributed by atoms with E-state index in [9.17, 15) is 10.1 Å². The van der Waals surface area contributed by atoms with E-state index in [1.165, 1.54) is 4.57 Å². The van der Waals surface area contributed by atoms with E-state index in [2.05, 4.69) is 16.3 Å². The van der Waals surface area contributed by atoms with Crippen molar-refractivity contribution in [3.63, 3.8) is 0 Å². The van der Waals surface area contributed by atoms with Crippen molar-refractivity contribution >= 4 is 28.3 Å². The molecule has 0 aliphatic carbocycles. The summed E-state index contributed by atoms with van der Waals surface area (Å²) in [5.41, 5.74) is 4.48. The van der Waals surface area contributed by atoms with Crippen LogP contribution in [0.25, 0.3) is 33.5 Å². The van der Waals surface area contributed by atoms with Gasteiger partial charge in [0.1, 0.15) is 11.6 Å². The van der Waals surface area contributed by atoms with Gasteiger partial charge in [-0.15, -0.1) is 10.2 Å². The number of hydrogen-bond donors (Lipinski definition) is 0. The number of pyridine rings is 1. The van der Waals surface area contributed by atoms with Gasteiger partial charge in [-0.2, -0.15) is 10.4 Å². The van der Waals surface area contributed by atoms with E-state index in [1.54, 1.807) is 41.0 Å². The number of halogens is 1. The van der Waals surface area contributed by atoms with E-state index in [1.807, 2.05) is 31.2 Å². The molecule has 7 nitrogen and oxygen atoms in total. The van der Waals surface area contributed by atoms with Gasteiger partial charge in [-0.1, -0.05) is 42.8 Å². The highest BCUT2D eigenvalue weighted by Gasteiger charge is 2.19. The molecule has 31 heavy (non-hydrogen) atoms. The summed E-state index contributed by atoms with van der Waals surface area (Å²) >= 11 is 6.04. The minimum atomic E-state index is -0.365. The van der Waals surface area contributed by atoms with E-state index in [0.717, 1.165) is 16.8 Å². The molecule has 5 aromatic rings. The van der Waals surface area contributed by atoms with Gasteiger partial charge in [0, 0.05) is 11.2 Å². The van der Waals surface area contributed by atoms with Crippen molar-refractivity contribution in [2.75, 3.05) is 0 Å². The number of rotatable bonds is 3. The van der Waals surface area contributed by atoms with Crippen molar-refractivity contribution in [3.05, 3.63) is 87.4 Å². The van der Waals surface area contributed by atoms with Crippen LogP contribution in [0.3, 0.4) is 0 Å². The van der Waals surface area contributed by atoms with Crippen LogP contribution in [0.2, 0.25) is 5.02 Å². The number of aromatic nitrogens is 5. The highest BCUT2D eigenvalue weighted by atomic mass is 35.5. The summed E-state index contributed by atoms with van der Waals surface area (Å²) in [7, 11) is 0. The van der Waals surface area contributed by atoms with Crippen molar-refractivity contribution in [1.29, 1.82) is 5.26 Å². The first-order valence-electron chi connectivity index (χ1n) is 9.67.